The molecule has 0 unspecified atom stereocenters. The van der Waals surface area contributed by atoms with Crippen molar-refractivity contribution in [1.82, 2.24) is 4.31 Å². The first kappa shape index (κ1) is 18.7. The Labute approximate surface area is 137 Å². The summed E-state index contributed by atoms with van der Waals surface area (Å²) in [6.07, 6.45) is 0. The minimum Gasteiger partial charge on any atom is -0.207 e. The summed E-state index contributed by atoms with van der Waals surface area (Å²) in [6.45, 7) is 13.0. The highest BCUT2D eigenvalue weighted by Crippen LogP contribution is 2.27. The highest BCUT2D eigenvalue weighted by molar-refractivity contribution is 9.10. The molecule has 0 aromatic heterocycles. The molecule has 0 aliphatic heterocycles. The average Bonchev–Trinajstić information content (AvgIpc) is 2.31. The SMILES string of the molecule is Cc1cc(S(=O)(=O)N(CC(C)C)CC(C)C)c(C)cc1Br. The van der Waals surface area contributed by atoms with Crippen LogP contribution in [0.15, 0.2) is 21.5 Å². The summed E-state index contributed by atoms with van der Waals surface area (Å²) in [5, 5.41) is 0. The van der Waals surface area contributed by atoms with Gasteiger partial charge in [-0.15, -0.1) is 0 Å². The Hall–Kier alpha value is -0.390. The van der Waals surface area contributed by atoms with Crippen LogP contribution in [0.3, 0.4) is 0 Å². The van der Waals surface area contributed by atoms with Crippen molar-refractivity contribution < 1.29 is 8.42 Å². The van der Waals surface area contributed by atoms with Gasteiger partial charge in [-0.25, -0.2) is 8.42 Å². The lowest BCUT2D eigenvalue weighted by atomic mass is 10.2. The van der Waals surface area contributed by atoms with Crippen LogP contribution in [0.25, 0.3) is 0 Å². The second kappa shape index (κ2) is 7.25. The summed E-state index contributed by atoms with van der Waals surface area (Å²) in [4.78, 5) is 0.421. The molecule has 0 atom stereocenters. The first-order valence-corrected chi connectivity index (χ1v) is 9.56. The minimum atomic E-state index is -3.45. The van der Waals surface area contributed by atoms with Crippen LogP contribution in [0.1, 0.15) is 38.8 Å². The Morgan fingerprint density at radius 1 is 1.00 bits per heavy atom. The fourth-order valence-corrected chi connectivity index (χ4v) is 4.77. The Balaban J connectivity index is 3.31. The van der Waals surface area contributed by atoms with Crippen LogP contribution in [-0.2, 0) is 10.0 Å². The lowest BCUT2D eigenvalue weighted by Crippen LogP contribution is -2.37. The average molecular weight is 376 g/mol. The number of aryl methyl sites for hydroxylation is 2. The van der Waals surface area contributed by atoms with Gasteiger partial charge in [-0.1, -0.05) is 43.6 Å². The van der Waals surface area contributed by atoms with E-state index in [1.165, 1.54) is 0 Å². The molecule has 0 aliphatic rings. The monoisotopic (exact) mass is 375 g/mol. The highest BCUT2D eigenvalue weighted by atomic mass is 79.9. The van der Waals surface area contributed by atoms with E-state index in [0.717, 1.165) is 15.6 Å². The molecule has 0 fully saturated rings. The second-order valence-corrected chi connectivity index (χ2v) is 9.24. The third-order valence-electron chi connectivity index (χ3n) is 3.21. The van der Waals surface area contributed by atoms with Crippen molar-refractivity contribution in [3.8, 4) is 0 Å². The molecule has 0 amide bonds. The maximum atomic E-state index is 13.0. The summed E-state index contributed by atoms with van der Waals surface area (Å²) >= 11 is 3.46. The van der Waals surface area contributed by atoms with Crippen molar-refractivity contribution in [1.29, 1.82) is 0 Å². The number of halogens is 1. The molecular weight excluding hydrogens is 350 g/mol. The Morgan fingerprint density at radius 3 is 1.90 bits per heavy atom. The van der Waals surface area contributed by atoms with Gasteiger partial charge in [-0.05, 0) is 48.9 Å². The van der Waals surface area contributed by atoms with Gasteiger partial charge in [0.2, 0.25) is 10.0 Å². The van der Waals surface area contributed by atoms with Gasteiger partial charge in [0, 0.05) is 17.6 Å². The summed E-state index contributed by atoms with van der Waals surface area (Å²) in [6, 6.07) is 3.65. The number of benzene rings is 1. The summed E-state index contributed by atoms with van der Waals surface area (Å²) < 4.78 is 28.6. The summed E-state index contributed by atoms with van der Waals surface area (Å²) in [5.74, 6) is 0.603. The predicted molar refractivity (Wildman–Crippen MR) is 92.1 cm³/mol. The molecule has 5 heteroatoms. The zero-order chi connectivity index (χ0) is 16.4. The van der Waals surface area contributed by atoms with E-state index >= 15 is 0 Å². The van der Waals surface area contributed by atoms with E-state index < -0.39 is 10.0 Å². The van der Waals surface area contributed by atoms with Crippen LogP contribution in [0.2, 0.25) is 0 Å². The molecule has 0 saturated heterocycles. The number of nitrogens with zero attached hydrogens (tertiary/aromatic N) is 1. The normalized spacial score (nSPS) is 12.7. The van der Waals surface area contributed by atoms with Crippen LogP contribution in [0.5, 0.6) is 0 Å². The van der Waals surface area contributed by atoms with E-state index in [4.69, 9.17) is 0 Å². The van der Waals surface area contributed by atoms with Crippen LogP contribution in [0.4, 0.5) is 0 Å². The van der Waals surface area contributed by atoms with Gasteiger partial charge in [-0.2, -0.15) is 4.31 Å². The van der Waals surface area contributed by atoms with Gasteiger partial charge in [0.1, 0.15) is 0 Å². The first-order chi connectivity index (χ1) is 9.55. The molecule has 0 N–H and O–H groups in total. The van der Waals surface area contributed by atoms with E-state index in [2.05, 4.69) is 15.9 Å². The molecule has 0 spiro atoms. The van der Waals surface area contributed by atoms with Crippen molar-refractivity contribution in [3.05, 3.63) is 27.7 Å². The fraction of sp³-hybridized carbons (Fsp3) is 0.625. The third-order valence-corrected chi connectivity index (χ3v) is 6.04. The standard InChI is InChI=1S/C16H26BrNO2S/c1-11(2)9-18(10-12(3)4)21(19,20)16-8-13(5)15(17)7-14(16)6/h7-8,11-12H,9-10H2,1-6H3. The highest BCUT2D eigenvalue weighted by Gasteiger charge is 2.27. The van der Waals surface area contributed by atoms with Crippen molar-refractivity contribution in [3.63, 3.8) is 0 Å². The van der Waals surface area contributed by atoms with E-state index in [-0.39, 0.29) is 0 Å². The zero-order valence-electron chi connectivity index (χ0n) is 13.8. The molecule has 120 valence electrons. The van der Waals surface area contributed by atoms with E-state index in [1.54, 1.807) is 10.4 Å². The molecule has 0 bridgehead atoms. The van der Waals surface area contributed by atoms with Gasteiger partial charge < -0.3 is 0 Å². The van der Waals surface area contributed by atoms with Crippen LogP contribution < -0.4 is 0 Å². The molecule has 0 saturated carbocycles. The first-order valence-electron chi connectivity index (χ1n) is 7.32. The topological polar surface area (TPSA) is 37.4 Å². The second-order valence-electron chi connectivity index (χ2n) is 6.48. The van der Waals surface area contributed by atoms with Gasteiger partial charge >= 0.3 is 0 Å². The molecule has 1 rings (SSSR count). The number of sulfonamides is 1. The molecular formula is C16H26BrNO2S. The van der Waals surface area contributed by atoms with Gasteiger partial charge in [-0.3, -0.25) is 0 Å². The van der Waals surface area contributed by atoms with E-state index in [0.29, 0.717) is 29.8 Å². The molecule has 3 nitrogen and oxygen atoms in total. The lowest BCUT2D eigenvalue weighted by Gasteiger charge is -2.26. The molecule has 21 heavy (non-hydrogen) atoms. The molecule has 0 heterocycles. The lowest BCUT2D eigenvalue weighted by molar-refractivity contribution is 0.333. The number of hydrogen-bond donors (Lipinski definition) is 0. The largest absolute Gasteiger partial charge is 0.243 e. The minimum absolute atomic E-state index is 0.301. The van der Waals surface area contributed by atoms with Crippen LogP contribution >= 0.6 is 15.9 Å². The van der Waals surface area contributed by atoms with Crippen molar-refractivity contribution in [2.75, 3.05) is 13.1 Å². The molecule has 1 aromatic carbocycles. The van der Waals surface area contributed by atoms with Gasteiger partial charge in [0.05, 0.1) is 4.90 Å². The molecule has 0 aliphatic carbocycles. The third kappa shape index (κ3) is 4.80. The fourth-order valence-electron chi connectivity index (χ4n) is 2.26. The van der Waals surface area contributed by atoms with Crippen molar-refractivity contribution in [2.45, 2.75) is 46.4 Å². The van der Waals surface area contributed by atoms with Crippen molar-refractivity contribution in [2.24, 2.45) is 11.8 Å². The smallest absolute Gasteiger partial charge is 0.207 e. The maximum absolute atomic E-state index is 13.0. The molecule has 1 aromatic rings. The zero-order valence-corrected chi connectivity index (χ0v) is 16.2. The maximum Gasteiger partial charge on any atom is 0.243 e. The van der Waals surface area contributed by atoms with Gasteiger partial charge in [0.25, 0.3) is 0 Å². The van der Waals surface area contributed by atoms with Crippen molar-refractivity contribution >= 4 is 26.0 Å². The Morgan fingerprint density at radius 2 is 1.48 bits per heavy atom. The van der Waals surface area contributed by atoms with E-state index in [1.807, 2.05) is 47.6 Å². The Bertz CT molecular complexity index is 585. The number of hydrogen-bond acceptors (Lipinski definition) is 2. The molecule has 0 radical (unpaired) electrons. The summed E-state index contributed by atoms with van der Waals surface area (Å²) in [5.41, 5.74) is 1.72. The van der Waals surface area contributed by atoms with E-state index in [9.17, 15) is 8.42 Å². The number of rotatable bonds is 6. The van der Waals surface area contributed by atoms with Gasteiger partial charge in [0.15, 0.2) is 0 Å². The van der Waals surface area contributed by atoms with Crippen LogP contribution in [-0.4, -0.2) is 25.8 Å². The quantitative estimate of drug-likeness (QED) is 0.739. The Kier molecular flexibility index (Phi) is 6.44. The summed E-state index contributed by atoms with van der Waals surface area (Å²) in [7, 11) is -3.45. The predicted octanol–water partition coefficient (Wildman–Crippen LogP) is 4.37. The van der Waals surface area contributed by atoms with Crippen LogP contribution in [0, 0.1) is 25.7 Å².